The third-order valence-electron chi connectivity index (χ3n) is 2.79. The second-order valence-electron chi connectivity index (χ2n) is 4.92. The Morgan fingerprint density at radius 1 is 1.31 bits per heavy atom. The molecule has 0 fully saturated rings. The fourth-order valence-corrected chi connectivity index (χ4v) is 1.31. The van der Waals surface area contributed by atoms with Crippen LogP contribution in [0.2, 0.25) is 0 Å². The lowest BCUT2D eigenvalue weighted by Gasteiger charge is -2.27. The number of hydrogen-bond donors (Lipinski definition) is 0. The summed E-state index contributed by atoms with van der Waals surface area (Å²) < 4.78 is 5.65. The van der Waals surface area contributed by atoms with Gasteiger partial charge in [-0.05, 0) is 32.6 Å². The van der Waals surface area contributed by atoms with Crippen molar-refractivity contribution in [3.63, 3.8) is 0 Å². The quantitative estimate of drug-likeness (QED) is 0.600. The van der Waals surface area contributed by atoms with Crippen molar-refractivity contribution in [2.75, 3.05) is 6.61 Å². The monoisotopic (exact) mass is 228 g/mol. The molecule has 0 aliphatic carbocycles. The molecule has 0 saturated carbocycles. The Morgan fingerprint density at radius 3 is 2.25 bits per heavy atom. The highest BCUT2D eigenvalue weighted by Crippen LogP contribution is 2.19. The number of Topliss-reactive ketones (excluding diaryl/α,β-unsaturated/α-hetero) is 2. The molecule has 0 aromatic rings. The van der Waals surface area contributed by atoms with E-state index in [-0.39, 0.29) is 18.0 Å². The Kier molecular flexibility index (Phi) is 6.49. The van der Waals surface area contributed by atoms with Gasteiger partial charge in [-0.15, -0.1) is 0 Å². The van der Waals surface area contributed by atoms with Gasteiger partial charge in [0, 0.05) is 6.61 Å². The van der Waals surface area contributed by atoms with E-state index in [9.17, 15) is 9.59 Å². The molecule has 0 unspecified atom stereocenters. The van der Waals surface area contributed by atoms with Gasteiger partial charge in [0.25, 0.3) is 0 Å². The van der Waals surface area contributed by atoms with Crippen LogP contribution in [-0.4, -0.2) is 23.8 Å². The molecular weight excluding hydrogens is 204 g/mol. The van der Waals surface area contributed by atoms with Crippen LogP contribution in [0.1, 0.15) is 53.9 Å². The summed E-state index contributed by atoms with van der Waals surface area (Å²) in [7, 11) is 0. The lowest BCUT2D eigenvalue weighted by Crippen LogP contribution is -2.39. The van der Waals surface area contributed by atoms with Crippen LogP contribution < -0.4 is 0 Å². The molecule has 0 aliphatic rings. The van der Waals surface area contributed by atoms with E-state index in [0.717, 1.165) is 6.42 Å². The molecule has 0 N–H and O–H groups in total. The molecule has 0 heterocycles. The van der Waals surface area contributed by atoms with Crippen LogP contribution >= 0.6 is 0 Å². The molecule has 1 atom stereocenters. The number of rotatable bonds is 8. The zero-order valence-corrected chi connectivity index (χ0v) is 11.1. The van der Waals surface area contributed by atoms with Gasteiger partial charge in [-0.3, -0.25) is 9.59 Å². The molecule has 3 nitrogen and oxygen atoms in total. The van der Waals surface area contributed by atoms with Gasteiger partial charge in [-0.1, -0.05) is 20.8 Å². The zero-order valence-electron chi connectivity index (χ0n) is 11.1. The number of ketones is 2. The van der Waals surface area contributed by atoms with Gasteiger partial charge in [-0.2, -0.15) is 0 Å². The molecule has 0 bridgehead atoms. The predicted molar refractivity (Wildman–Crippen MR) is 64.4 cm³/mol. The average Bonchev–Trinajstić information content (AvgIpc) is 2.15. The first kappa shape index (κ1) is 15.3. The van der Waals surface area contributed by atoms with E-state index in [0.29, 0.717) is 18.9 Å². The van der Waals surface area contributed by atoms with E-state index in [4.69, 9.17) is 4.74 Å². The van der Waals surface area contributed by atoms with Gasteiger partial charge in [0.15, 0.2) is 5.78 Å². The van der Waals surface area contributed by atoms with Gasteiger partial charge < -0.3 is 4.74 Å². The maximum atomic E-state index is 11.8. The van der Waals surface area contributed by atoms with Crippen molar-refractivity contribution in [2.45, 2.75) is 59.5 Å². The smallest absolute Gasteiger partial charge is 0.171 e. The Hall–Kier alpha value is -0.700. The molecule has 0 rings (SSSR count). The van der Waals surface area contributed by atoms with Crippen LogP contribution in [0.25, 0.3) is 0 Å². The largest absolute Gasteiger partial charge is 0.367 e. The summed E-state index contributed by atoms with van der Waals surface area (Å²) in [6.07, 6.45) is 1.52. The summed E-state index contributed by atoms with van der Waals surface area (Å²) >= 11 is 0. The van der Waals surface area contributed by atoms with Crippen LogP contribution in [0.3, 0.4) is 0 Å². The second kappa shape index (κ2) is 6.79. The number of carbonyl (C=O) groups excluding carboxylic acids is 2. The first-order chi connectivity index (χ1) is 7.31. The zero-order chi connectivity index (χ0) is 12.8. The molecule has 0 spiro atoms. The van der Waals surface area contributed by atoms with E-state index in [1.54, 1.807) is 6.92 Å². The Bertz CT molecular complexity index is 246. The predicted octanol–water partition coefficient (Wildman–Crippen LogP) is 2.77. The minimum Gasteiger partial charge on any atom is -0.367 e. The Balaban J connectivity index is 4.29. The lowest BCUT2D eigenvalue weighted by molar-refractivity contribution is -0.145. The summed E-state index contributed by atoms with van der Waals surface area (Å²) in [4.78, 5) is 22.8. The summed E-state index contributed by atoms with van der Waals surface area (Å²) in [5.41, 5.74) is -0.791. The van der Waals surface area contributed by atoms with Crippen molar-refractivity contribution in [1.29, 1.82) is 0 Å². The van der Waals surface area contributed by atoms with Crippen LogP contribution in [0.4, 0.5) is 0 Å². The molecule has 0 aliphatic heterocycles. The summed E-state index contributed by atoms with van der Waals surface area (Å²) in [5, 5.41) is 0. The second-order valence-corrected chi connectivity index (χ2v) is 4.92. The molecule has 0 aromatic carbocycles. The minimum absolute atomic E-state index is 0.0218. The van der Waals surface area contributed by atoms with E-state index in [1.165, 1.54) is 6.92 Å². The number of hydrogen-bond acceptors (Lipinski definition) is 3. The average molecular weight is 228 g/mol. The van der Waals surface area contributed by atoms with E-state index in [2.05, 4.69) is 13.8 Å². The summed E-state index contributed by atoms with van der Waals surface area (Å²) in [5.74, 6) is 0.354. The highest BCUT2D eigenvalue weighted by molar-refractivity contribution is 6.01. The highest BCUT2D eigenvalue weighted by atomic mass is 16.5. The van der Waals surface area contributed by atoms with Crippen molar-refractivity contribution < 1.29 is 14.3 Å². The van der Waals surface area contributed by atoms with Gasteiger partial charge >= 0.3 is 0 Å². The summed E-state index contributed by atoms with van der Waals surface area (Å²) in [6.45, 7) is 9.92. The van der Waals surface area contributed by atoms with Crippen molar-refractivity contribution in [2.24, 2.45) is 5.92 Å². The van der Waals surface area contributed by atoms with Crippen LogP contribution in [0, 0.1) is 5.92 Å². The van der Waals surface area contributed by atoms with Crippen molar-refractivity contribution in [1.82, 2.24) is 0 Å². The maximum Gasteiger partial charge on any atom is 0.171 e. The molecule has 16 heavy (non-hydrogen) atoms. The number of carbonyl (C=O) groups is 2. The summed E-state index contributed by atoms with van der Waals surface area (Å²) in [6, 6.07) is 0. The first-order valence-corrected chi connectivity index (χ1v) is 5.98. The SMILES string of the molecule is CC[C@](C)(OCCC(C)C)C(=O)CC(C)=O. The molecular formula is C13H24O3. The molecule has 3 heteroatoms. The van der Waals surface area contributed by atoms with Crippen LogP contribution in [-0.2, 0) is 14.3 Å². The van der Waals surface area contributed by atoms with Crippen molar-refractivity contribution in [3.8, 4) is 0 Å². The Morgan fingerprint density at radius 2 is 1.88 bits per heavy atom. The third kappa shape index (κ3) is 5.40. The van der Waals surface area contributed by atoms with Crippen LogP contribution in [0.5, 0.6) is 0 Å². The topological polar surface area (TPSA) is 43.4 Å². The lowest BCUT2D eigenvalue weighted by atomic mass is 9.94. The normalized spacial score (nSPS) is 14.9. The third-order valence-corrected chi connectivity index (χ3v) is 2.79. The van der Waals surface area contributed by atoms with Gasteiger partial charge in [0.2, 0.25) is 0 Å². The minimum atomic E-state index is -0.791. The Labute approximate surface area is 98.6 Å². The van der Waals surface area contributed by atoms with E-state index >= 15 is 0 Å². The van der Waals surface area contributed by atoms with E-state index < -0.39 is 5.60 Å². The molecule has 0 aromatic heterocycles. The maximum absolute atomic E-state index is 11.8. The number of ether oxygens (including phenoxy) is 1. The van der Waals surface area contributed by atoms with Gasteiger partial charge in [0.1, 0.15) is 11.4 Å². The fraction of sp³-hybridized carbons (Fsp3) is 0.846. The molecule has 0 amide bonds. The molecule has 94 valence electrons. The van der Waals surface area contributed by atoms with Crippen molar-refractivity contribution in [3.05, 3.63) is 0 Å². The standard InChI is InChI=1S/C13H24O3/c1-6-13(5,12(15)9-11(4)14)16-8-7-10(2)3/h10H,6-9H2,1-5H3/t13-/m0/s1. The molecule has 0 radical (unpaired) electrons. The molecule has 0 saturated heterocycles. The van der Waals surface area contributed by atoms with E-state index in [1.807, 2.05) is 6.92 Å². The first-order valence-electron chi connectivity index (χ1n) is 5.98. The van der Waals surface area contributed by atoms with Gasteiger partial charge in [0.05, 0.1) is 6.42 Å². The highest BCUT2D eigenvalue weighted by Gasteiger charge is 2.32. The van der Waals surface area contributed by atoms with Gasteiger partial charge in [-0.25, -0.2) is 0 Å². The fourth-order valence-electron chi connectivity index (χ4n) is 1.31. The van der Waals surface area contributed by atoms with Crippen LogP contribution in [0.15, 0.2) is 0 Å². The van der Waals surface area contributed by atoms with Crippen molar-refractivity contribution >= 4 is 11.6 Å².